The molecule has 278 valence electrons. The van der Waals surface area contributed by atoms with Gasteiger partial charge in [0, 0.05) is 43.1 Å². The number of rotatable bonds is 6. The van der Waals surface area contributed by atoms with Crippen molar-refractivity contribution in [2.24, 2.45) is 0 Å². The molecule has 6 aromatic carbocycles. The molecule has 0 saturated heterocycles. The molecule has 0 N–H and O–H groups in total. The molecule has 5 heteroatoms. The Morgan fingerprint density at radius 1 is 0.589 bits per heavy atom. The quantitative estimate of drug-likeness (QED) is 0.170. The molecule has 0 saturated carbocycles. The van der Waals surface area contributed by atoms with Gasteiger partial charge in [0.1, 0.15) is 24.0 Å². The van der Waals surface area contributed by atoms with Gasteiger partial charge in [-0.15, -0.1) is 0 Å². The number of hydrogen-bond acceptors (Lipinski definition) is 4. The lowest BCUT2D eigenvalue weighted by atomic mass is 9.81. The van der Waals surface area contributed by atoms with Gasteiger partial charge < -0.3 is 14.5 Å². The van der Waals surface area contributed by atoms with Gasteiger partial charge in [-0.2, -0.15) is 0 Å². The molecule has 1 aliphatic rings. The second-order valence-corrected chi connectivity index (χ2v) is 16.8. The third-order valence-electron chi connectivity index (χ3n) is 10.9. The molecule has 56 heavy (non-hydrogen) atoms. The lowest BCUT2D eigenvalue weighted by Gasteiger charge is -2.30. The summed E-state index contributed by atoms with van der Waals surface area (Å²) in [6.07, 6.45) is 1.68. The predicted molar refractivity (Wildman–Crippen MR) is 235 cm³/mol. The van der Waals surface area contributed by atoms with E-state index in [2.05, 4.69) is 171 Å². The maximum Gasteiger partial charge on any atom is 0.137 e. The van der Waals surface area contributed by atoms with Crippen LogP contribution < -0.4 is 14.5 Å². The third kappa shape index (κ3) is 6.27. The number of anilines is 4. The minimum Gasteiger partial charge on any atom is -0.457 e. The average molecular weight is 735 g/mol. The minimum atomic E-state index is -1.10. The summed E-state index contributed by atoms with van der Waals surface area (Å²) in [7, 11) is 0. The van der Waals surface area contributed by atoms with E-state index in [1.807, 2.05) is 24.3 Å². The Morgan fingerprint density at radius 2 is 1.30 bits per heavy atom. The van der Waals surface area contributed by atoms with Gasteiger partial charge in [-0.05, 0) is 101 Å². The van der Waals surface area contributed by atoms with E-state index < -0.39 is 6.88 Å². The van der Waals surface area contributed by atoms with Crippen molar-refractivity contribution in [3.8, 4) is 28.4 Å². The molecular formula is C51H48N4O. The summed E-state index contributed by atoms with van der Waals surface area (Å²) >= 11 is 0. The van der Waals surface area contributed by atoms with Gasteiger partial charge in [0.15, 0.2) is 0 Å². The molecule has 0 atom stereocenters. The Hall–Kier alpha value is -6.33. The second kappa shape index (κ2) is 13.5. The number of nitrogens with zero attached hydrogens (tertiary/aromatic N) is 4. The summed E-state index contributed by atoms with van der Waals surface area (Å²) in [5, 5.41) is 2.18. The Balaban J connectivity index is 1.15. The number of aromatic nitrogens is 2. The van der Waals surface area contributed by atoms with Gasteiger partial charge in [-0.25, -0.2) is 4.98 Å². The van der Waals surface area contributed by atoms with E-state index in [1.165, 1.54) is 27.9 Å². The van der Waals surface area contributed by atoms with E-state index in [1.54, 1.807) is 12.3 Å². The largest absolute Gasteiger partial charge is 0.457 e. The molecular weight excluding hydrogens is 685 g/mol. The molecule has 3 heterocycles. The molecule has 0 fully saturated rings. The molecule has 0 bridgehead atoms. The van der Waals surface area contributed by atoms with Crippen LogP contribution in [0.1, 0.15) is 61.0 Å². The molecule has 8 aromatic rings. The van der Waals surface area contributed by atoms with Gasteiger partial charge in [-0.3, -0.25) is 4.57 Å². The fourth-order valence-corrected chi connectivity index (χ4v) is 8.12. The number of para-hydroxylation sites is 3. The number of benzene rings is 6. The van der Waals surface area contributed by atoms with Gasteiger partial charge in [0.25, 0.3) is 0 Å². The smallest absolute Gasteiger partial charge is 0.137 e. The first-order chi connectivity index (χ1) is 27.8. The highest BCUT2D eigenvalue weighted by Crippen LogP contribution is 2.50. The maximum atomic E-state index is 8.04. The van der Waals surface area contributed by atoms with E-state index in [0.717, 1.165) is 44.6 Å². The number of pyridine rings is 1. The SMILES string of the molecule is [2H]C([2H])c1ccnc(-n2c3ccccc3c3ccc(Oc4cc(N5CN(c6cccc(C(C)(C)C)c6-c6ccccc6)c6ccccc65)cc(C(C)(C)C)c4)cc32)c1. The molecule has 2 aromatic heterocycles. The van der Waals surface area contributed by atoms with Crippen molar-refractivity contribution in [1.82, 2.24) is 9.55 Å². The summed E-state index contributed by atoms with van der Waals surface area (Å²) in [6, 6.07) is 50.9. The van der Waals surface area contributed by atoms with Crippen molar-refractivity contribution in [3.63, 3.8) is 0 Å². The zero-order valence-corrected chi connectivity index (χ0v) is 32.9. The van der Waals surface area contributed by atoms with Crippen LogP contribution in [-0.4, -0.2) is 16.2 Å². The fourth-order valence-electron chi connectivity index (χ4n) is 8.12. The zero-order chi connectivity index (χ0) is 40.3. The van der Waals surface area contributed by atoms with E-state index in [9.17, 15) is 0 Å². The van der Waals surface area contributed by atoms with Crippen LogP contribution >= 0.6 is 0 Å². The van der Waals surface area contributed by atoms with Crippen LogP contribution in [-0.2, 0) is 10.8 Å². The normalized spacial score (nSPS) is 13.7. The van der Waals surface area contributed by atoms with Crippen LogP contribution in [0.3, 0.4) is 0 Å². The van der Waals surface area contributed by atoms with Crippen molar-refractivity contribution >= 4 is 44.6 Å². The number of ether oxygens (including phenoxy) is 1. The number of hydrogen-bond donors (Lipinski definition) is 0. The summed E-state index contributed by atoms with van der Waals surface area (Å²) in [4.78, 5) is 9.56. The lowest BCUT2D eigenvalue weighted by Crippen LogP contribution is -2.25. The first-order valence-corrected chi connectivity index (χ1v) is 19.4. The first-order valence-electron chi connectivity index (χ1n) is 20.5. The summed E-state index contributed by atoms with van der Waals surface area (Å²) in [6.45, 7) is 13.1. The van der Waals surface area contributed by atoms with Gasteiger partial charge in [-0.1, -0.05) is 114 Å². The van der Waals surface area contributed by atoms with Gasteiger partial charge in [0.05, 0.1) is 28.1 Å². The van der Waals surface area contributed by atoms with Crippen LogP contribution in [0.15, 0.2) is 152 Å². The van der Waals surface area contributed by atoms with Crippen molar-refractivity contribution in [1.29, 1.82) is 0 Å². The monoisotopic (exact) mass is 734 g/mol. The lowest BCUT2D eigenvalue weighted by molar-refractivity contribution is 0.479. The fraction of sp³-hybridized carbons (Fsp3) is 0.196. The summed E-state index contributed by atoms with van der Waals surface area (Å²) in [5.41, 5.74) is 11.8. The Kier molecular flexibility index (Phi) is 7.94. The Labute approximate surface area is 333 Å². The van der Waals surface area contributed by atoms with Crippen LogP contribution in [0.5, 0.6) is 11.5 Å². The molecule has 0 unspecified atom stereocenters. The van der Waals surface area contributed by atoms with Crippen molar-refractivity contribution in [3.05, 3.63) is 168 Å². The topological polar surface area (TPSA) is 33.5 Å². The highest BCUT2D eigenvalue weighted by molar-refractivity contribution is 6.09. The second-order valence-electron chi connectivity index (χ2n) is 16.8. The summed E-state index contributed by atoms with van der Waals surface area (Å²) in [5.74, 6) is 2.13. The predicted octanol–water partition coefficient (Wildman–Crippen LogP) is 13.8. The van der Waals surface area contributed by atoms with Crippen LogP contribution in [0, 0.1) is 6.88 Å². The van der Waals surface area contributed by atoms with Crippen LogP contribution in [0.2, 0.25) is 0 Å². The highest BCUT2D eigenvalue weighted by atomic mass is 16.5. The zero-order valence-electron chi connectivity index (χ0n) is 34.9. The molecule has 0 spiro atoms. The van der Waals surface area contributed by atoms with Crippen LogP contribution in [0.4, 0.5) is 22.7 Å². The minimum absolute atomic E-state index is 0.0573. The molecule has 9 rings (SSSR count). The molecule has 1 aliphatic heterocycles. The highest BCUT2D eigenvalue weighted by Gasteiger charge is 2.32. The van der Waals surface area contributed by atoms with E-state index >= 15 is 0 Å². The maximum absolute atomic E-state index is 8.04. The molecule has 0 radical (unpaired) electrons. The van der Waals surface area contributed by atoms with Crippen molar-refractivity contribution in [2.45, 2.75) is 59.2 Å². The summed E-state index contributed by atoms with van der Waals surface area (Å²) < 4.78 is 25.1. The average Bonchev–Trinajstić information content (AvgIpc) is 3.76. The number of aryl methyl sites for hydroxylation is 1. The standard InChI is InChI=1S/C51H48N4O/c1-34-26-27-52-48(28-34)55-43-20-12-11-18-40(43)41-25-24-38(32-47(41)55)56-39-30-36(50(2,3)4)29-37(31-39)53-33-54(45-22-14-13-21-44(45)53)46-23-15-19-42(51(5,6)7)49(46)35-16-9-8-10-17-35/h8-32H,33H2,1-7H3/i1D2. The Morgan fingerprint density at radius 3 is 2.07 bits per heavy atom. The number of fused-ring (bicyclic) bond motifs is 4. The van der Waals surface area contributed by atoms with Gasteiger partial charge in [0.2, 0.25) is 0 Å². The third-order valence-corrected chi connectivity index (χ3v) is 10.9. The molecule has 5 nitrogen and oxygen atoms in total. The van der Waals surface area contributed by atoms with E-state index in [-0.39, 0.29) is 10.8 Å². The van der Waals surface area contributed by atoms with Crippen LogP contribution in [0.25, 0.3) is 38.8 Å². The van der Waals surface area contributed by atoms with Crippen molar-refractivity contribution in [2.75, 3.05) is 16.5 Å². The van der Waals surface area contributed by atoms with Crippen molar-refractivity contribution < 1.29 is 7.48 Å². The van der Waals surface area contributed by atoms with E-state index in [0.29, 0.717) is 23.8 Å². The first kappa shape index (κ1) is 33.0. The Bertz CT molecular complexity index is 2810. The van der Waals surface area contributed by atoms with E-state index in [4.69, 9.17) is 12.5 Å². The molecule has 0 amide bonds. The van der Waals surface area contributed by atoms with Gasteiger partial charge >= 0.3 is 0 Å². The molecule has 0 aliphatic carbocycles.